The van der Waals surface area contributed by atoms with E-state index in [-0.39, 0.29) is 0 Å². The molecule has 8 nitrogen and oxygen atoms in total. The molecule has 3 aromatic heterocycles. The summed E-state index contributed by atoms with van der Waals surface area (Å²) in [4.78, 5) is 15.2. The summed E-state index contributed by atoms with van der Waals surface area (Å²) in [6.07, 6.45) is 5.48. The van der Waals surface area contributed by atoms with E-state index in [1.165, 1.54) is 0 Å². The molecule has 2 aliphatic heterocycles. The largest absolute Gasteiger partial charge is 0.369 e. The van der Waals surface area contributed by atoms with Gasteiger partial charge in [0.25, 0.3) is 0 Å². The highest BCUT2D eigenvalue weighted by Gasteiger charge is 2.48. The van der Waals surface area contributed by atoms with Gasteiger partial charge in [-0.3, -0.25) is 5.10 Å². The Labute approximate surface area is 208 Å². The van der Waals surface area contributed by atoms with Gasteiger partial charge in [-0.05, 0) is 35.9 Å². The van der Waals surface area contributed by atoms with Gasteiger partial charge >= 0.3 is 0 Å². The van der Waals surface area contributed by atoms with E-state index in [4.69, 9.17) is 4.98 Å². The number of hydrogen-bond acceptors (Lipinski definition) is 6. The first-order chi connectivity index (χ1) is 17.6. The van der Waals surface area contributed by atoms with E-state index in [1.807, 2.05) is 30.6 Å². The normalized spacial score (nSPS) is 16.1. The minimum absolute atomic E-state index is 0.473. The Hall–Kier alpha value is -4.43. The van der Waals surface area contributed by atoms with Crippen molar-refractivity contribution in [3.05, 3.63) is 85.5 Å². The Kier molecular flexibility index (Phi) is 4.68. The molecule has 2 aromatic carbocycles. The lowest BCUT2D eigenvalue weighted by Crippen LogP contribution is -2.70. The Morgan fingerprint density at radius 2 is 1.81 bits per heavy atom. The minimum atomic E-state index is 0.473. The Bertz CT molecular complexity index is 1550. The van der Waals surface area contributed by atoms with Gasteiger partial charge in [0.1, 0.15) is 5.82 Å². The van der Waals surface area contributed by atoms with E-state index in [0.29, 0.717) is 11.2 Å². The van der Waals surface area contributed by atoms with Crippen LogP contribution in [0.2, 0.25) is 0 Å². The summed E-state index contributed by atoms with van der Waals surface area (Å²) >= 11 is 0. The third-order valence-corrected chi connectivity index (χ3v) is 7.27. The summed E-state index contributed by atoms with van der Waals surface area (Å²) in [5.41, 5.74) is 7.74. The number of aromatic nitrogens is 5. The van der Waals surface area contributed by atoms with E-state index in [0.717, 1.165) is 76.7 Å². The monoisotopic (exact) mass is 474 g/mol. The maximum absolute atomic E-state index is 4.76. The lowest BCUT2D eigenvalue weighted by atomic mass is 9.74. The lowest BCUT2D eigenvalue weighted by Gasteiger charge is -2.57. The Morgan fingerprint density at radius 3 is 2.56 bits per heavy atom. The third kappa shape index (κ3) is 3.63. The number of hydrogen-bond donors (Lipinski definition) is 4. The predicted octanol–water partition coefficient (Wildman–Crippen LogP) is 4.63. The molecule has 8 heteroatoms. The molecule has 0 amide bonds. The van der Waals surface area contributed by atoms with Crippen molar-refractivity contribution in [1.82, 2.24) is 35.4 Å². The van der Waals surface area contributed by atoms with Crippen LogP contribution in [-0.4, -0.2) is 56.2 Å². The molecule has 0 saturated carbocycles. The van der Waals surface area contributed by atoms with E-state index in [1.54, 1.807) is 6.20 Å². The van der Waals surface area contributed by atoms with Crippen LogP contribution < -0.4 is 10.6 Å². The second-order valence-electron chi connectivity index (χ2n) is 9.85. The van der Waals surface area contributed by atoms with Crippen molar-refractivity contribution >= 4 is 28.1 Å². The molecule has 4 N–H and O–H groups in total. The fraction of sp³-hybridized carbons (Fsp3) is 0.179. The zero-order valence-corrected chi connectivity index (χ0v) is 19.8. The van der Waals surface area contributed by atoms with Crippen molar-refractivity contribution in [2.75, 3.05) is 31.5 Å². The highest BCUT2D eigenvalue weighted by Crippen LogP contribution is 2.39. The molecule has 0 unspecified atom stereocenters. The van der Waals surface area contributed by atoms with Gasteiger partial charge in [0.15, 0.2) is 5.82 Å². The third-order valence-electron chi connectivity index (χ3n) is 7.27. The second-order valence-corrected chi connectivity index (χ2v) is 9.85. The standard InChI is InChI=1S/C28H26N8/c1-18(36-16-28(17-36)14-29-15-28)24-10-20-2-3-21(11-25(20)34-24)27-30-9-8-26(35-27)33-23-6-4-19(5-7-23)22-12-31-32-13-22/h2-13,29,34H,1,14-17H2,(H,31,32)(H,30,33,35). The van der Waals surface area contributed by atoms with Crippen molar-refractivity contribution in [3.8, 4) is 22.5 Å². The van der Waals surface area contributed by atoms with E-state index < -0.39 is 0 Å². The van der Waals surface area contributed by atoms with Crippen molar-refractivity contribution in [1.29, 1.82) is 0 Å². The molecule has 2 saturated heterocycles. The quantitative estimate of drug-likeness (QED) is 0.286. The number of aromatic amines is 2. The SMILES string of the molecule is C=C(c1cc2ccc(-c3nccc(Nc4ccc(-c5cn[nH]c5)cc4)n3)cc2[nH]1)N1CC2(CNC2)C1. The zero-order chi connectivity index (χ0) is 24.1. The Balaban J connectivity index is 1.09. The van der Waals surface area contributed by atoms with Gasteiger partial charge in [0, 0.05) is 71.7 Å². The van der Waals surface area contributed by atoms with Crippen LogP contribution in [0.3, 0.4) is 0 Å². The number of likely N-dealkylation sites (tertiary alicyclic amines) is 1. The van der Waals surface area contributed by atoms with E-state index in [2.05, 4.69) is 78.7 Å². The first kappa shape index (κ1) is 20.9. The highest BCUT2D eigenvalue weighted by molar-refractivity contribution is 5.87. The molecule has 5 heterocycles. The maximum atomic E-state index is 4.76. The molecular weight excluding hydrogens is 448 g/mol. The van der Waals surface area contributed by atoms with Crippen LogP contribution in [0.25, 0.3) is 39.1 Å². The number of anilines is 2. The van der Waals surface area contributed by atoms with Crippen LogP contribution in [0.15, 0.2) is 79.8 Å². The number of fused-ring (bicyclic) bond motifs is 1. The fourth-order valence-electron chi connectivity index (χ4n) is 5.12. The number of nitrogens with one attached hydrogen (secondary N) is 4. The number of H-pyrrole nitrogens is 2. The molecule has 0 bridgehead atoms. The molecule has 178 valence electrons. The number of benzene rings is 2. The molecule has 0 aliphatic carbocycles. The summed E-state index contributed by atoms with van der Waals surface area (Å²) < 4.78 is 0. The van der Waals surface area contributed by atoms with Crippen LogP contribution in [0, 0.1) is 5.41 Å². The van der Waals surface area contributed by atoms with Gasteiger partial charge < -0.3 is 20.5 Å². The van der Waals surface area contributed by atoms with Gasteiger partial charge in [0.2, 0.25) is 0 Å². The maximum Gasteiger partial charge on any atom is 0.161 e. The van der Waals surface area contributed by atoms with Crippen molar-refractivity contribution in [2.24, 2.45) is 5.41 Å². The first-order valence-corrected chi connectivity index (χ1v) is 12.1. The minimum Gasteiger partial charge on any atom is -0.369 e. The molecule has 2 fully saturated rings. The number of rotatable bonds is 6. The lowest BCUT2D eigenvalue weighted by molar-refractivity contribution is 0.000106. The van der Waals surface area contributed by atoms with E-state index >= 15 is 0 Å². The average Bonchev–Trinajstić information content (AvgIpc) is 3.53. The highest BCUT2D eigenvalue weighted by atomic mass is 15.3. The molecule has 0 radical (unpaired) electrons. The topological polar surface area (TPSA) is 97.5 Å². The first-order valence-electron chi connectivity index (χ1n) is 12.1. The van der Waals surface area contributed by atoms with Gasteiger partial charge in [-0.2, -0.15) is 5.10 Å². The molecule has 0 atom stereocenters. The number of nitrogens with zero attached hydrogens (tertiary/aromatic N) is 4. The fourth-order valence-corrected chi connectivity index (χ4v) is 5.12. The molecule has 36 heavy (non-hydrogen) atoms. The molecule has 2 aliphatic rings. The summed E-state index contributed by atoms with van der Waals surface area (Å²) in [6, 6.07) is 18.5. The van der Waals surface area contributed by atoms with E-state index in [9.17, 15) is 0 Å². The summed E-state index contributed by atoms with van der Waals surface area (Å²) in [5.74, 6) is 1.42. The van der Waals surface area contributed by atoms with Crippen LogP contribution in [0.1, 0.15) is 5.69 Å². The smallest absolute Gasteiger partial charge is 0.161 e. The Morgan fingerprint density at radius 1 is 0.972 bits per heavy atom. The molecular formula is C28H26N8. The summed E-state index contributed by atoms with van der Waals surface area (Å²) in [6.45, 7) is 8.76. The molecule has 7 rings (SSSR count). The molecule has 1 spiro atoms. The predicted molar refractivity (Wildman–Crippen MR) is 143 cm³/mol. The van der Waals surface area contributed by atoms with Crippen LogP contribution in [0.4, 0.5) is 11.5 Å². The van der Waals surface area contributed by atoms with Crippen molar-refractivity contribution in [3.63, 3.8) is 0 Å². The average molecular weight is 475 g/mol. The van der Waals surface area contributed by atoms with Crippen molar-refractivity contribution in [2.45, 2.75) is 0 Å². The second kappa shape index (κ2) is 8.07. The van der Waals surface area contributed by atoms with Gasteiger partial charge in [-0.25, -0.2) is 9.97 Å². The van der Waals surface area contributed by atoms with Gasteiger partial charge in [-0.15, -0.1) is 0 Å². The zero-order valence-electron chi connectivity index (χ0n) is 19.8. The van der Waals surface area contributed by atoms with Gasteiger partial charge in [0.05, 0.1) is 17.6 Å². The molecule has 5 aromatic rings. The van der Waals surface area contributed by atoms with Crippen LogP contribution in [-0.2, 0) is 0 Å². The summed E-state index contributed by atoms with van der Waals surface area (Å²) in [7, 11) is 0. The van der Waals surface area contributed by atoms with Crippen LogP contribution in [0.5, 0.6) is 0 Å². The van der Waals surface area contributed by atoms with Crippen molar-refractivity contribution < 1.29 is 0 Å². The van der Waals surface area contributed by atoms with Crippen LogP contribution >= 0.6 is 0 Å². The van der Waals surface area contributed by atoms with Gasteiger partial charge in [-0.1, -0.05) is 30.8 Å². The summed E-state index contributed by atoms with van der Waals surface area (Å²) in [5, 5.41) is 14.8.